The minimum Gasteiger partial charge on any atom is -0.418 e. The van der Waals surface area contributed by atoms with E-state index in [1.807, 2.05) is 31.2 Å². The number of fused-ring (bicyclic) bond motifs is 3. The third-order valence-electron chi connectivity index (χ3n) is 5.58. The van der Waals surface area contributed by atoms with Gasteiger partial charge in [0.05, 0.1) is 0 Å². The van der Waals surface area contributed by atoms with Gasteiger partial charge in [0.2, 0.25) is 11.8 Å². The molecule has 0 unspecified atom stereocenters. The third-order valence-corrected chi connectivity index (χ3v) is 5.58. The molecular formula is C25H24N4O. The summed E-state index contributed by atoms with van der Waals surface area (Å²) in [6.45, 7) is 7.22. The molecule has 5 rings (SSSR count). The van der Waals surface area contributed by atoms with Crippen molar-refractivity contribution >= 4 is 27.5 Å². The number of nitrogens with one attached hydrogen (secondary N) is 1. The van der Waals surface area contributed by atoms with Gasteiger partial charge < -0.3 is 14.3 Å². The van der Waals surface area contributed by atoms with E-state index in [1.165, 1.54) is 27.4 Å². The molecule has 0 aliphatic heterocycles. The van der Waals surface area contributed by atoms with Gasteiger partial charge in [0.15, 0.2) is 0 Å². The molecule has 0 saturated carbocycles. The Kier molecular flexibility index (Phi) is 4.51. The molecule has 0 amide bonds. The quantitative estimate of drug-likeness (QED) is 0.376. The van der Waals surface area contributed by atoms with Crippen molar-refractivity contribution in [2.24, 2.45) is 0 Å². The molecule has 0 radical (unpaired) electrons. The molecule has 1 atom stereocenters. The second kappa shape index (κ2) is 7.34. The zero-order valence-corrected chi connectivity index (χ0v) is 17.4. The predicted molar refractivity (Wildman–Crippen MR) is 122 cm³/mol. The molecule has 2 heterocycles. The van der Waals surface area contributed by atoms with Gasteiger partial charge in [-0.05, 0) is 57.2 Å². The van der Waals surface area contributed by atoms with Crippen molar-refractivity contribution in [2.75, 3.05) is 5.32 Å². The highest BCUT2D eigenvalue weighted by Crippen LogP contribution is 2.32. The van der Waals surface area contributed by atoms with Crippen LogP contribution in [-0.4, -0.2) is 14.8 Å². The minimum atomic E-state index is -0.103. The van der Waals surface area contributed by atoms with Crippen LogP contribution in [0.25, 0.3) is 33.3 Å². The number of nitrogens with zero attached hydrogens (tertiary/aromatic N) is 3. The van der Waals surface area contributed by atoms with E-state index in [0.717, 1.165) is 17.8 Å². The Hall–Kier alpha value is -3.60. The standard InChI is InChI=1S/C25H24N4O/c1-4-29-22-8-6-5-7-20(22)21-15-19(13-14-23(21)29)26-17(3)24-27-28-25(30-24)18-11-9-16(2)10-12-18/h5-15,17,26H,4H2,1-3H3/t17-/m0/s1. The summed E-state index contributed by atoms with van der Waals surface area (Å²) in [6.07, 6.45) is 0. The molecule has 3 aromatic carbocycles. The first-order valence-corrected chi connectivity index (χ1v) is 10.3. The lowest BCUT2D eigenvalue weighted by Gasteiger charge is -2.12. The van der Waals surface area contributed by atoms with E-state index in [2.05, 4.69) is 76.4 Å². The van der Waals surface area contributed by atoms with E-state index in [0.29, 0.717) is 11.8 Å². The Morgan fingerprint density at radius 3 is 2.50 bits per heavy atom. The predicted octanol–water partition coefficient (Wildman–Crippen LogP) is 6.35. The highest BCUT2D eigenvalue weighted by atomic mass is 16.4. The lowest BCUT2D eigenvalue weighted by Crippen LogP contribution is -2.07. The molecule has 0 fully saturated rings. The van der Waals surface area contributed by atoms with Gasteiger partial charge in [-0.3, -0.25) is 0 Å². The van der Waals surface area contributed by atoms with Crippen LogP contribution in [0.5, 0.6) is 0 Å². The van der Waals surface area contributed by atoms with Crippen LogP contribution in [0.2, 0.25) is 0 Å². The first-order valence-electron chi connectivity index (χ1n) is 10.3. The number of para-hydroxylation sites is 1. The summed E-state index contributed by atoms with van der Waals surface area (Å²) in [5.74, 6) is 1.11. The summed E-state index contributed by atoms with van der Waals surface area (Å²) in [6, 6.07) is 23.0. The molecule has 2 aromatic heterocycles. The molecule has 5 aromatic rings. The third kappa shape index (κ3) is 3.12. The number of hydrogen-bond acceptors (Lipinski definition) is 4. The zero-order chi connectivity index (χ0) is 20.7. The second-order valence-electron chi connectivity index (χ2n) is 7.67. The maximum Gasteiger partial charge on any atom is 0.247 e. The average molecular weight is 396 g/mol. The number of rotatable bonds is 5. The molecule has 0 bridgehead atoms. The Labute approximate surface area is 175 Å². The van der Waals surface area contributed by atoms with E-state index < -0.39 is 0 Å². The number of aromatic nitrogens is 3. The fourth-order valence-electron chi connectivity index (χ4n) is 4.02. The average Bonchev–Trinajstić information content (AvgIpc) is 3.37. The van der Waals surface area contributed by atoms with Crippen molar-refractivity contribution in [3.05, 3.63) is 78.2 Å². The monoisotopic (exact) mass is 396 g/mol. The number of anilines is 1. The highest BCUT2D eigenvalue weighted by molar-refractivity contribution is 6.09. The summed E-state index contributed by atoms with van der Waals surface area (Å²) in [4.78, 5) is 0. The summed E-state index contributed by atoms with van der Waals surface area (Å²) in [5.41, 5.74) is 5.67. The first-order chi connectivity index (χ1) is 14.6. The molecular weight excluding hydrogens is 372 g/mol. The number of benzene rings is 3. The van der Waals surface area contributed by atoms with Crippen LogP contribution in [-0.2, 0) is 6.54 Å². The van der Waals surface area contributed by atoms with E-state index >= 15 is 0 Å². The van der Waals surface area contributed by atoms with Crippen molar-refractivity contribution in [3.8, 4) is 11.5 Å². The maximum atomic E-state index is 5.93. The Morgan fingerprint density at radius 2 is 1.70 bits per heavy atom. The van der Waals surface area contributed by atoms with Crippen LogP contribution >= 0.6 is 0 Å². The van der Waals surface area contributed by atoms with Gasteiger partial charge in [-0.25, -0.2) is 0 Å². The van der Waals surface area contributed by atoms with Crippen molar-refractivity contribution in [1.82, 2.24) is 14.8 Å². The smallest absolute Gasteiger partial charge is 0.247 e. The molecule has 150 valence electrons. The Bertz CT molecular complexity index is 1330. The largest absolute Gasteiger partial charge is 0.418 e. The molecule has 0 aliphatic carbocycles. The topological polar surface area (TPSA) is 55.9 Å². The van der Waals surface area contributed by atoms with Crippen LogP contribution < -0.4 is 5.32 Å². The van der Waals surface area contributed by atoms with Crippen LogP contribution in [0.1, 0.15) is 31.3 Å². The lowest BCUT2D eigenvalue weighted by atomic mass is 10.1. The van der Waals surface area contributed by atoms with Gasteiger partial charge in [0, 0.05) is 39.6 Å². The fourth-order valence-corrected chi connectivity index (χ4v) is 4.02. The summed E-state index contributed by atoms with van der Waals surface area (Å²) < 4.78 is 8.28. The van der Waals surface area contributed by atoms with E-state index in [9.17, 15) is 0 Å². The van der Waals surface area contributed by atoms with E-state index in [-0.39, 0.29) is 6.04 Å². The number of aryl methyl sites for hydroxylation is 2. The van der Waals surface area contributed by atoms with Crippen LogP contribution in [0.15, 0.2) is 71.1 Å². The van der Waals surface area contributed by atoms with Gasteiger partial charge in [-0.1, -0.05) is 35.9 Å². The summed E-state index contributed by atoms with van der Waals surface area (Å²) >= 11 is 0. The van der Waals surface area contributed by atoms with E-state index in [4.69, 9.17) is 4.42 Å². The zero-order valence-electron chi connectivity index (χ0n) is 17.4. The maximum absolute atomic E-state index is 5.93. The molecule has 5 heteroatoms. The highest BCUT2D eigenvalue weighted by Gasteiger charge is 2.16. The molecule has 1 N–H and O–H groups in total. The van der Waals surface area contributed by atoms with Gasteiger partial charge >= 0.3 is 0 Å². The second-order valence-corrected chi connectivity index (χ2v) is 7.67. The molecule has 0 spiro atoms. The van der Waals surface area contributed by atoms with Crippen molar-refractivity contribution in [2.45, 2.75) is 33.4 Å². The van der Waals surface area contributed by atoms with Crippen molar-refractivity contribution < 1.29 is 4.42 Å². The van der Waals surface area contributed by atoms with E-state index in [1.54, 1.807) is 0 Å². The fraction of sp³-hybridized carbons (Fsp3) is 0.200. The Morgan fingerprint density at radius 1 is 0.933 bits per heavy atom. The van der Waals surface area contributed by atoms with Crippen molar-refractivity contribution in [3.63, 3.8) is 0 Å². The molecule has 0 aliphatic rings. The van der Waals surface area contributed by atoms with Crippen LogP contribution in [0, 0.1) is 6.92 Å². The first kappa shape index (κ1) is 18.4. The summed E-state index contributed by atoms with van der Waals surface area (Å²) in [7, 11) is 0. The van der Waals surface area contributed by atoms with Crippen molar-refractivity contribution in [1.29, 1.82) is 0 Å². The lowest BCUT2D eigenvalue weighted by molar-refractivity contribution is 0.485. The Balaban J connectivity index is 1.44. The molecule has 0 saturated heterocycles. The number of hydrogen-bond donors (Lipinski definition) is 1. The summed E-state index contributed by atoms with van der Waals surface area (Å²) in [5, 5.41) is 14.5. The molecule has 5 nitrogen and oxygen atoms in total. The van der Waals surface area contributed by atoms with Gasteiger partial charge in [-0.15, -0.1) is 10.2 Å². The SMILES string of the molecule is CCn1c2ccccc2c2cc(N[C@@H](C)c3nnc(-c4ccc(C)cc4)o3)ccc21. The minimum absolute atomic E-state index is 0.103. The van der Waals surface area contributed by atoms with Gasteiger partial charge in [0.25, 0.3) is 0 Å². The molecule has 30 heavy (non-hydrogen) atoms. The normalized spacial score (nSPS) is 12.5. The van der Waals surface area contributed by atoms with Crippen LogP contribution in [0.3, 0.4) is 0 Å². The van der Waals surface area contributed by atoms with Crippen LogP contribution in [0.4, 0.5) is 5.69 Å². The van der Waals surface area contributed by atoms with Gasteiger partial charge in [-0.2, -0.15) is 0 Å². The van der Waals surface area contributed by atoms with Gasteiger partial charge in [0.1, 0.15) is 6.04 Å².